The van der Waals surface area contributed by atoms with Crippen molar-refractivity contribution < 1.29 is 14.2 Å². The van der Waals surface area contributed by atoms with E-state index in [1.54, 1.807) is 20.4 Å². The normalized spacial score (nSPS) is 17.0. The van der Waals surface area contributed by atoms with Gasteiger partial charge in [0.05, 0.1) is 37.8 Å². The van der Waals surface area contributed by atoms with E-state index >= 15 is 0 Å². The molecule has 4 rings (SSSR count). The molecule has 1 fully saturated rings. The molecule has 1 aliphatic rings. The number of aromatic nitrogens is 2. The predicted octanol–water partition coefficient (Wildman–Crippen LogP) is 2.84. The average Bonchev–Trinajstić information content (AvgIpc) is 2.73. The lowest BCUT2D eigenvalue weighted by molar-refractivity contribution is 0.0292. The summed E-state index contributed by atoms with van der Waals surface area (Å²) in [5, 5.41) is 4.22. The number of fused-ring (bicyclic) bond motifs is 1. The Kier molecular flexibility index (Phi) is 5.18. The van der Waals surface area contributed by atoms with Crippen LogP contribution in [0, 0.1) is 0 Å². The van der Waals surface area contributed by atoms with Gasteiger partial charge in [-0.1, -0.05) is 24.3 Å². The third-order valence-electron chi connectivity index (χ3n) is 4.77. The van der Waals surface area contributed by atoms with Crippen molar-refractivity contribution in [1.29, 1.82) is 0 Å². The van der Waals surface area contributed by atoms with Crippen molar-refractivity contribution in [3.05, 3.63) is 48.2 Å². The van der Waals surface area contributed by atoms with Gasteiger partial charge in [-0.3, -0.25) is 0 Å². The van der Waals surface area contributed by atoms with E-state index in [-0.39, 0.29) is 6.10 Å². The Labute approximate surface area is 158 Å². The average molecular weight is 365 g/mol. The van der Waals surface area contributed by atoms with Crippen molar-refractivity contribution in [1.82, 2.24) is 15.3 Å². The van der Waals surface area contributed by atoms with Crippen LogP contribution in [-0.4, -0.2) is 50.0 Å². The van der Waals surface area contributed by atoms with Crippen LogP contribution >= 0.6 is 0 Å². The first-order valence-corrected chi connectivity index (χ1v) is 9.07. The van der Waals surface area contributed by atoms with Crippen molar-refractivity contribution in [2.45, 2.75) is 12.5 Å². The number of rotatable bonds is 5. The van der Waals surface area contributed by atoms with Crippen molar-refractivity contribution in [2.24, 2.45) is 0 Å². The first-order valence-electron chi connectivity index (χ1n) is 9.07. The standard InChI is InChI=1S/C21H23N3O3/c1-25-16-10-19-18(20(11-16)26-2)13-23-21(24-19)15-5-3-14(4-6-15)9-17-12-22-7-8-27-17/h3-6,10-11,13,17,22H,7-9,12H2,1-2H3. The first kappa shape index (κ1) is 17.7. The highest BCUT2D eigenvalue weighted by atomic mass is 16.5. The third kappa shape index (κ3) is 3.86. The Hall–Kier alpha value is -2.70. The van der Waals surface area contributed by atoms with Crippen LogP contribution in [-0.2, 0) is 11.2 Å². The molecule has 1 atom stereocenters. The van der Waals surface area contributed by atoms with Crippen LogP contribution in [0.1, 0.15) is 5.56 Å². The largest absolute Gasteiger partial charge is 0.497 e. The Morgan fingerprint density at radius 3 is 2.70 bits per heavy atom. The Morgan fingerprint density at radius 1 is 1.15 bits per heavy atom. The molecule has 6 nitrogen and oxygen atoms in total. The van der Waals surface area contributed by atoms with E-state index in [9.17, 15) is 0 Å². The molecule has 1 aliphatic heterocycles. The van der Waals surface area contributed by atoms with Gasteiger partial charge < -0.3 is 19.5 Å². The van der Waals surface area contributed by atoms with E-state index in [4.69, 9.17) is 19.2 Å². The van der Waals surface area contributed by atoms with Crippen molar-refractivity contribution in [3.63, 3.8) is 0 Å². The molecule has 0 radical (unpaired) electrons. The molecule has 0 saturated carbocycles. The van der Waals surface area contributed by atoms with Crippen molar-refractivity contribution in [3.8, 4) is 22.9 Å². The zero-order valence-corrected chi connectivity index (χ0v) is 15.6. The summed E-state index contributed by atoms with van der Waals surface area (Å²) >= 11 is 0. The maximum absolute atomic E-state index is 5.78. The van der Waals surface area contributed by atoms with Gasteiger partial charge in [-0.25, -0.2) is 9.97 Å². The minimum atomic E-state index is 0.237. The highest BCUT2D eigenvalue weighted by molar-refractivity contribution is 5.87. The molecule has 2 heterocycles. The predicted molar refractivity (Wildman–Crippen MR) is 104 cm³/mol. The maximum Gasteiger partial charge on any atom is 0.159 e. The fourth-order valence-electron chi connectivity index (χ4n) is 3.31. The summed E-state index contributed by atoms with van der Waals surface area (Å²) < 4.78 is 16.5. The van der Waals surface area contributed by atoms with Crippen molar-refractivity contribution >= 4 is 10.9 Å². The highest BCUT2D eigenvalue weighted by Gasteiger charge is 2.14. The summed E-state index contributed by atoms with van der Waals surface area (Å²) in [5.74, 6) is 2.09. The molecule has 0 spiro atoms. The topological polar surface area (TPSA) is 65.5 Å². The van der Waals surface area contributed by atoms with Crippen LogP contribution < -0.4 is 14.8 Å². The molecule has 0 aliphatic carbocycles. The van der Waals surface area contributed by atoms with Crippen LogP contribution in [0.2, 0.25) is 0 Å². The summed E-state index contributed by atoms with van der Waals surface area (Å²) in [4.78, 5) is 9.22. The number of benzene rings is 2. The summed E-state index contributed by atoms with van der Waals surface area (Å²) in [6.45, 7) is 2.62. The van der Waals surface area contributed by atoms with E-state index in [1.165, 1.54) is 5.56 Å². The second-order valence-corrected chi connectivity index (χ2v) is 6.55. The molecule has 0 bridgehead atoms. The van der Waals surface area contributed by atoms with E-state index in [0.29, 0.717) is 17.3 Å². The second-order valence-electron chi connectivity index (χ2n) is 6.55. The highest BCUT2D eigenvalue weighted by Crippen LogP contribution is 2.30. The minimum Gasteiger partial charge on any atom is -0.497 e. The molecule has 6 heteroatoms. The van der Waals surface area contributed by atoms with Gasteiger partial charge >= 0.3 is 0 Å². The van der Waals surface area contributed by atoms with Gasteiger partial charge in [-0.15, -0.1) is 0 Å². The number of nitrogens with zero attached hydrogens (tertiary/aromatic N) is 2. The molecule has 0 amide bonds. The van der Waals surface area contributed by atoms with E-state index < -0.39 is 0 Å². The lowest BCUT2D eigenvalue weighted by Crippen LogP contribution is -2.39. The molecule has 3 aromatic rings. The zero-order chi connectivity index (χ0) is 18.6. The molecule has 2 aromatic carbocycles. The molecule has 1 unspecified atom stereocenters. The smallest absolute Gasteiger partial charge is 0.159 e. The lowest BCUT2D eigenvalue weighted by atomic mass is 10.0. The minimum absolute atomic E-state index is 0.237. The Morgan fingerprint density at radius 2 is 2.00 bits per heavy atom. The summed E-state index contributed by atoms with van der Waals surface area (Å²) in [6.07, 6.45) is 2.94. The van der Waals surface area contributed by atoms with Gasteiger partial charge in [-0.05, 0) is 12.0 Å². The van der Waals surface area contributed by atoms with Crippen LogP contribution in [0.15, 0.2) is 42.6 Å². The molecular weight excluding hydrogens is 342 g/mol. The molecule has 140 valence electrons. The van der Waals surface area contributed by atoms with Crippen LogP contribution in [0.4, 0.5) is 0 Å². The Bertz CT molecular complexity index is 922. The molecule has 1 saturated heterocycles. The SMILES string of the molecule is COc1cc(OC)c2cnc(-c3ccc(CC4CNCCO4)cc3)nc2c1. The van der Waals surface area contributed by atoms with E-state index in [0.717, 1.165) is 42.6 Å². The monoisotopic (exact) mass is 365 g/mol. The third-order valence-corrected chi connectivity index (χ3v) is 4.77. The zero-order valence-electron chi connectivity index (χ0n) is 15.6. The number of nitrogens with one attached hydrogen (secondary N) is 1. The van der Waals surface area contributed by atoms with Crippen LogP contribution in [0.3, 0.4) is 0 Å². The number of ether oxygens (including phenoxy) is 3. The van der Waals surface area contributed by atoms with Gasteiger partial charge in [0.25, 0.3) is 0 Å². The summed E-state index contributed by atoms with van der Waals surface area (Å²) in [7, 11) is 3.26. The maximum atomic E-state index is 5.78. The fraction of sp³-hybridized carbons (Fsp3) is 0.333. The van der Waals surface area contributed by atoms with E-state index in [2.05, 4.69) is 34.6 Å². The number of methoxy groups -OCH3 is 2. The van der Waals surface area contributed by atoms with Crippen LogP contribution in [0.25, 0.3) is 22.3 Å². The first-order chi connectivity index (χ1) is 13.3. The Balaban J connectivity index is 1.59. The van der Waals surface area contributed by atoms with E-state index in [1.807, 2.05) is 12.1 Å². The number of hydrogen-bond acceptors (Lipinski definition) is 6. The van der Waals surface area contributed by atoms with Crippen LogP contribution in [0.5, 0.6) is 11.5 Å². The molecule has 1 aromatic heterocycles. The second kappa shape index (κ2) is 7.90. The van der Waals surface area contributed by atoms with Gasteiger partial charge in [0.1, 0.15) is 11.5 Å². The summed E-state index contributed by atoms with van der Waals surface area (Å²) in [5.41, 5.74) is 3.02. The fourth-order valence-corrected chi connectivity index (χ4v) is 3.31. The van der Waals surface area contributed by atoms with Gasteiger partial charge in [0, 0.05) is 37.0 Å². The number of morpholine rings is 1. The van der Waals surface area contributed by atoms with Gasteiger partial charge in [-0.2, -0.15) is 0 Å². The lowest BCUT2D eigenvalue weighted by Gasteiger charge is -2.23. The van der Waals surface area contributed by atoms with Crippen molar-refractivity contribution in [2.75, 3.05) is 33.9 Å². The quantitative estimate of drug-likeness (QED) is 0.750. The molecule has 27 heavy (non-hydrogen) atoms. The molecular formula is C21H23N3O3. The number of hydrogen-bond donors (Lipinski definition) is 1. The van der Waals surface area contributed by atoms with Gasteiger partial charge in [0.15, 0.2) is 5.82 Å². The van der Waals surface area contributed by atoms with Gasteiger partial charge in [0.2, 0.25) is 0 Å². The summed E-state index contributed by atoms with van der Waals surface area (Å²) in [6, 6.07) is 12.1. The molecule has 1 N–H and O–H groups in total.